The minimum Gasteiger partial charge on any atom is -0.483 e. The van der Waals surface area contributed by atoms with Gasteiger partial charge in [-0.2, -0.15) is 4.31 Å². The Morgan fingerprint density at radius 3 is 2.50 bits per heavy atom. The Bertz CT molecular complexity index is 1020. The quantitative estimate of drug-likeness (QED) is 0.659. The largest absolute Gasteiger partial charge is 0.483 e. The lowest BCUT2D eigenvalue weighted by Crippen LogP contribution is -2.35. The van der Waals surface area contributed by atoms with E-state index in [9.17, 15) is 18.0 Å². The van der Waals surface area contributed by atoms with Crippen LogP contribution in [0.4, 0.5) is 0 Å². The summed E-state index contributed by atoms with van der Waals surface area (Å²) in [5.74, 6) is -0.800. The zero-order valence-corrected chi connectivity index (χ0v) is 17.4. The second kappa shape index (κ2) is 9.73. The number of amides is 2. The number of hydrogen-bond donors (Lipinski definition) is 2. The number of sulfonamides is 1. The molecular weight excluding hydrogens is 406 g/mol. The average Bonchev–Trinajstić information content (AvgIpc) is 2.77. The number of benzene rings is 2. The van der Waals surface area contributed by atoms with Crippen molar-refractivity contribution in [1.82, 2.24) is 9.62 Å². The number of nitrogens with one attached hydrogen (secondary N) is 1. The smallest absolute Gasteiger partial charge is 0.255 e. The molecule has 9 heteroatoms. The molecule has 0 atom stereocenters. The van der Waals surface area contributed by atoms with Crippen molar-refractivity contribution in [2.75, 3.05) is 19.7 Å². The zero-order valence-electron chi connectivity index (χ0n) is 16.5. The van der Waals surface area contributed by atoms with Crippen LogP contribution in [0, 0.1) is 0 Å². The maximum absolute atomic E-state index is 12.9. The van der Waals surface area contributed by atoms with Crippen molar-refractivity contribution in [2.45, 2.75) is 30.7 Å². The first-order chi connectivity index (χ1) is 14.4. The lowest BCUT2D eigenvalue weighted by Gasteiger charge is -2.26. The predicted octanol–water partition coefficient (Wildman–Crippen LogP) is 1.66. The Balaban J connectivity index is 1.69. The molecular formula is C21H25N3O5S. The van der Waals surface area contributed by atoms with Gasteiger partial charge >= 0.3 is 0 Å². The van der Waals surface area contributed by atoms with Crippen LogP contribution in [-0.4, -0.2) is 44.2 Å². The van der Waals surface area contributed by atoms with E-state index >= 15 is 0 Å². The molecule has 2 amide bonds. The van der Waals surface area contributed by atoms with Gasteiger partial charge in [-0.3, -0.25) is 9.59 Å². The number of primary amides is 1. The van der Waals surface area contributed by atoms with Gasteiger partial charge in [-0.25, -0.2) is 8.42 Å². The molecule has 8 nitrogen and oxygen atoms in total. The molecule has 0 saturated carbocycles. The van der Waals surface area contributed by atoms with Crippen LogP contribution in [0.25, 0.3) is 0 Å². The van der Waals surface area contributed by atoms with Gasteiger partial charge < -0.3 is 15.8 Å². The van der Waals surface area contributed by atoms with E-state index in [0.29, 0.717) is 18.7 Å². The maximum Gasteiger partial charge on any atom is 0.255 e. The van der Waals surface area contributed by atoms with Crippen LogP contribution in [0.1, 0.15) is 35.2 Å². The molecule has 160 valence electrons. The van der Waals surface area contributed by atoms with Gasteiger partial charge in [0.15, 0.2) is 6.61 Å². The van der Waals surface area contributed by atoms with E-state index in [1.165, 1.54) is 4.31 Å². The summed E-state index contributed by atoms with van der Waals surface area (Å²) in [7, 11) is -3.54. The summed E-state index contributed by atoms with van der Waals surface area (Å²) < 4.78 is 32.5. The van der Waals surface area contributed by atoms with Gasteiger partial charge in [0, 0.05) is 19.6 Å². The summed E-state index contributed by atoms with van der Waals surface area (Å²) in [4.78, 5) is 23.7. The number of para-hydroxylation sites is 1. The molecule has 2 aromatic carbocycles. The Morgan fingerprint density at radius 1 is 1.03 bits per heavy atom. The molecule has 0 radical (unpaired) electrons. The van der Waals surface area contributed by atoms with E-state index in [4.69, 9.17) is 10.5 Å². The molecule has 0 aliphatic carbocycles. The van der Waals surface area contributed by atoms with Gasteiger partial charge in [0.1, 0.15) is 5.75 Å². The van der Waals surface area contributed by atoms with Crippen molar-refractivity contribution < 1.29 is 22.7 Å². The van der Waals surface area contributed by atoms with E-state index < -0.39 is 21.8 Å². The summed E-state index contributed by atoms with van der Waals surface area (Å²) in [6, 6.07) is 13.1. The normalized spacial score (nSPS) is 14.8. The molecule has 3 rings (SSSR count). The van der Waals surface area contributed by atoms with E-state index in [0.717, 1.165) is 19.3 Å². The van der Waals surface area contributed by atoms with Gasteiger partial charge in [-0.1, -0.05) is 30.7 Å². The maximum atomic E-state index is 12.9. The summed E-state index contributed by atoms with van der Waals surface area (Å²) in [5, 5.41) is 2.76. The van der Waals surface area contributed by atoms with Crippen LogP contribution in [-0.2, 0) is 21.4 Å². The topological polar surface area (TPSA) is 119 Å². The highest BCUT2D eigenvalue weighted by atomic mass is 32.2. The van der Waals surface area contributed by atoms with Crippen LogP contribution in [0.15, 0.2) is 53.4 Å². The molecule has 30 heavy (non-hydrogen) atoms. The minimum absolute atomic E-state index is 0.145. The van der Waals surface area contributed by atoms with Crippen molar-refractivity contribution in [1.29, 1.82) is 0 Å². The lowest BCUT2D eigenvalue weighted by molar-refractivity contribution is -0.119. The van der Waals surface area contributed by atoms with Gasteiger partial charge in [0.25, 0.3) is 11.8 Å². The van der Waals surface area contributed by atoms with Crippen LogP contribution in [0.2, 0.25) is 0 Å². The Labute approximate surface area is 176 Å². The first-order valence-corrected chi connectivity index (χ1v) is 11.2. The summed E-state index contributed by atoms with van der Waals surface area (Å²) >= 11 is 0. The highest BCUT2D eigenvalue weighted by Crippen LogP contribution is 2.22. The van der Waals surface area contributed by atoms with Gasteiger partial charge in [0.2, 0.25) is 10.0 Å². The van der Waals surface area contributed by atoms with E-state index in [1.807, 2.05) is 0 Å². The molecule has 0 aromatic heterocycles. The molecule has 1 saturated heterocycles. The van der Waals surface area contributed by atoms with Crippen LogP contribution in [0.5, 0.6) is 5.75 Å². The molecule has 1 fully saturated rings. The highest BCUT2D eigenvalue weighted by Gasteiger charge is 2.26. The number of nitrogens with two attached hydrogens (primary N) is 1. The van der Waals surface area contributed by atoms with Crippen molar-refractivity contribution in [2.24, 2.45) is 5.73 Å². The number of nitrogens with zero attached hydrogens (tertiary/aromatic N) is 1. The third-order valence-corrected chi connectivity index (χ3v) is 6.70. The Morgan fingerprint density at radius 2 is 1.77 bits per heavy atom. The first kappa shape index (κ1) is 21.8. The second-order valence-corrected chi connectivity index (χ2v) is 8.98. The number of carbonyl (C=O) groups excluding carboxylic acids is 2. The summed E-state index contributed by atoms with van der Waals surface area (Å²) in [6.07, 6.45) is 2.78. The van der Waals surface area contributed by atoms with Crippen molar-refractivity contribution in [3.63, 3.8) is 0 Å². The molecule has 3 N–H and O–H groups in total. The van der Waals surface area contributed by atoms with Crippen LogP contribution >= 0.6 is 0 Å². The summed E-state index contributed by atoms with van der Waals surface area (Å²) in [5.41, 5.74) is 6.01. The SMILES string of the molecule is NC(=O)COc1ccccc1C(=O)NCc1cccc(S(=O)(=O)N2CCCCC2)c1. The number of hydrogen-bond acceptors (Lipinski definition) is 5. The van der Waals surface area contributed by atoms with Crippen LogP contribution < -0.4 is 15.8 Å². The fraction of sp³-hybridized carbons (Fsp3) is 0.333. The predicted molar refractivity (Wildman–Crippen MR) is 111 cm³/mol. The number of carbonyl (C=O) groups is 2. The molecule has 2 aromatic rings. The molecule has 1 heterocycles. The van der Waals surface area contributed by atoms with Crippen LogP contribution in [0.3, 0.4) is 0 Å². The third-order valence-electron chi connectivity index (χ3n) is 4.81. The van der Waals surface area contributed by atoms with Gasteiger partial charge in [0.05, 0.1) is 10.5 Å². The van der Waals surface area contributed by atoms with Crippen molar-refractivity contribution >= 4 is 21.8 Å². The third kappa shape index (κ3) is 5.37. The monoisotopic (exact) mass is 431 g/mol. The fourth-order valence-electron chi connectivity index (χ4n) is 3.28. The standard InChI is InChI=1S/C21H25N3O5S/c22-20(25)15-29-19-10-3-2-9-18(19)21(26)23-14-16-7-6-8-17(13-16)30(27,28)24-11-4-1-5-12-24/h2-3,6-10,13H,1,4-5,11-12,14-15H2,(H2,22,25)(H,23,26). The van der Waals surface area contributed by atoms with E-state index in [-0.39, 0.29) is 29.4 Å². The summed E-state index contributed by atoms with van der Waals surface area (Å²) in [6.45, 7) is 0.879. The Kier molecular flexibility index (Phi) is 7.07. The minimum atomic E-state index is -3.54. The average molecular weight is 432 g/mol. The molecule has 1 aliphatic rings. The second-order valence-electron chi connectivity index (χ2n) is 7.05. The zero-order chi connectivity index (χ0) is 21.6. The molecule has 0 unspecified atom stereocenters. The lowest BCUT2D eigenvalue weighted by atomic mass is 10.1. The number of piperidine rings is 1. The van der Waals surface area contributed by atoms with Crippen molar-refractivity contribution in [3.05, 3.63) is 59.7 Å². The number of rotatable bonds is 8. The molecule has 0 bridgehead atoms. The van der Waals surface area contributed by atoms with Gasteiger partial charge in [-0.15, -0.1) is 0 Å². The highest BCUT2D eigenvalue weighted by molar-refractivity contribution is 7.89. The van der Waals surface area contributed by atoms with E-state index in [2.05, 4.69) is 5.32 Å². The molecule has 1 aliphatic heterocycles. The molecule has 0 spiro atoms. The van der Waals surface area contributed by atoms with E-state index in [1.54, 1.807) is 48.5 Å². The van der Waals surface area contributed by atoms with Crippen molar-refractivity contribution in [3.8, 4) is 5.75 Å². The van der Waals surface area contributed by atoms with Gasteiger partial charge in [-0.05, 0) is 42.7 Å². The number of ether oxygens (including phenoxy) is 1. The Hall–Kier alpha value is -2.91. The fourth-order valence-corrected chi connectivity index (χ4v) is 4.86. The first-order valence-electron chi connectivity index (χ1n) is 9.75.